The summed E-state index contributed by atoms with van der Waals surface area (Å²) < 4.78 is 10.7. The highest BCUT2D eigenvalue weighted by molar-refractivity contribution is 5.44. The Labute approximate surface area is 97.6 Å². The summed E-state index contributed by atoms with van der Waals surface area (Å²) in [6.07, 6.45) is 4.99. The molecule has 1 aromatic rings. The van der Waals surface area contributed by atoms with E-state index in [2.05, 4.69) is 26.0 Å². The molecule has 1 heterocycles. The first-order valence-corrected chi connectivity index (χ1v) is 6.18. The third-order valence-corrected chi connectivity index (χ3v) is 3.30. The third kappa shape index (κ3) is 2.69. The van der Waals surface area contributed by atoms with Crippen LogP contribution >= 0.6 is 0 Å². The number of hydrogen-bond donors (Lipinski definition) is 0. The highest BCUT2D eigenvalue weighted by Gasteiger charge is 2.12. The zero-order valence-electron chi connectivity index (χ0n) is 10.2. The number of aryl methyl sites for hydroxylation is 1. The fourth-order valence-electron chi connectivity index (χ4n) is 1.96. The van der Waals surface area contributed by atoms with Gasteiger partial charge in [-0.1, -0.05) is 32.8 Å². The van der Waals surface area contributed by atoms with E-state index in [0.29, 0.717) is 6.79 Å². The molecule has 0 aliphatic carbocycles. The molecule has 0 bridgehead atoms. The average molecular weight is 220 g/mol. The van der Waals surface area contributed by atoms with Crippen LogP contribution in [-0.4, -0.2) is 6.79 Å². The first-order valence-electron chi connectivity index (χ1n) is 6.18. The van der Waals surface area contributed by atoms with Crippen LogP contribution in [0.15, 0.2) is 18.2 Å². The van der Waals surface area contributed by atoms with Gasteiger partial charge in [0.25, 0.3) is 0 Å². The Bertz CT molecular complexity index is 347. The van der Waals surface area contributed by atoms with Crippen LogP contribution in [0.2, 0.25) is 0 Å². The zero-order valence-corrected chi connectivity index (χ0v) is 10.2. The highest BCUT2D eigenvalue weighted by atomic mass is 16.7. The number of rotatable bonds is 5. The van der Waals surface area contributed by atoms with Gasteiger partial charge in [0.15, 0.2) is 11.5 Å². The zero-order chi connectivity index (χ0) is 11.4. The van der Waals surface area contributed by atoms with Crippen molar-refractivity contribution in [2.45, 2.75) is 39.5 Å². The maximum atomic E-state index is 5.37. The summed E-state index contributed by atoms with van der Waals surface area (Å²) in [5, 5.41) is 0. The largest absolute Gasteiger partial charge is 0.454 e. The van der Waals surface area contributed by atoms with E-state index < -0.39 is 0 Å². The van der Waals surface area contributed by atoms with Gasteiger partial charge in [-0.05, 0) is 36.5 Å². The molecule has 16 heavy (non-hydrogen) atoms. The van der Waals surface area contributed by atoms with Crippen LogP contribution in [0.5, 0.6) is 11.5 Å². The van der Waals surface area contributed by atoms with E-state index in [4.69, 9.17) is 9.47 Å². The molecule has 1 aromatic carbocycles. The summed E-state index contributed by atoms with van der Waals surface area (Å²) in [6, 6.07) is 6.27. The maximum Gasteiger partial charge on any atom is 0.231 e. The molecular formula is C14H20O2. The van der Waals surface area contributed by atoms with Gasteiger partial charge in [0, 0.05) is 0 Å². The van der Waals surface area contributed by atoms with Crippen molar-refractivity contribution in [3.05, 3.63) is 23.8 Å². The first-order chi connectivity index (χ1) is 7.79. The summed E-state index contributed by atoms with van der Waals surface area (Å²) in [4.78, 5) is 0. The molecule has 2 rings (SSSR count). The van der Waals surface area contributed by atoms with Crippen LogP contribution in [0.25, 0.3) is 0 Å². The van der Waals surface area contributed by atoms with Crippen molar-refractivity contribution in [2.24, 2.45) is 5.92 Å². The summed E-state index contributed by atoms with van der Waals surface area (Å²) >= 11 is 0. The number of fused-ring (bicyclic) bond motifs is 1. The Balaban J connectivity index is 1.86. The fourth-order valence-corrected chi connectivity index (χ4v) is 1.96. The molecule has 0 saturated carbocycles. The van der Waals surface area contributed by atoms with E-state index in [9.17, 15) is 0 Å². The third-order valence-electron chi connectivity index (χ3n) is 3.30. The first kappa shape index (κ1) is 11.3. The Morgan fingerprint density at radius 2 is 2.06 bits per heavy atom. The van der Waals surface area contributed by atoms with Crippen LogP contribution in [0, 0.1) is 5.92 Å². The van der Waals surface area contributed by atoms with Crippen molar-refractivity contribution in [3.63, 3.8) is 0 Å². The Morgan fingerprint density at radius 3 is 2.88 bits per heavy atom. The van der Waals surface area contributed by atoms with Gasteiger partial charge in [-0.2, -0.15) is 0 Å². The topological polar surface area (TPSA) is 18.5 Å². The van der Waals surface area contributed by atoms with Gasteiger partial charge in [0.1, 0.15) is 0 Å². The normalized spacial score (nSPS) is 15.1. The molecule has 1 atom stereocenters. The number of hydrogen-bond acceptors (Lipinski definition) is 2. The molecule has 88 valence electrons. The predicted octanol–water partition coefficient (Wildman–Crippen LogP) is 3.78. The van der Waals surface area contributed by atoms with Gasteiger partial charge in [0.2, 0.25) is 6.79 Å². The SMILES string of the molecule is CCC(C)CCCc1ccc2c(c1)OCO2. The monoisotopic (exact) mass is 220 g/mol. The molecule has 0 aromatic heterocycles. The summed E-state index contributed by atoms with van der Waals surface area (Å²) in [5.74, 6) is 2.63. The van der Waals surface area contributed by atoms with E-state index in [1.165, 1.54) is 24.8 Å². The van der Waals surface area contributed by atoms with Gasteiger partial charge in [-0.3, -0.25) is 0 Å². The molecule has 0 spiro atoms. The Hall–Kier alpha value is -1.18. The van der Waals surface area contributed by atoms with Crippen molar-refractivity contribution >= 4 is 0 Å². The molecule has 1 unspecified atom stereocenters. The van der Waals surface area contributed by atoms with Gasteiger partial charge in [0.05, 0.1) is 0 Å². The number of benzene rings is 1. The lowest BCUT2D eigenvalue weighted by molar-refractivity contribution is 0.174. The van der Waals surface area contributed by atoms with E-state index in [1.54, 1.807) is 0 Å². The molecule has 0 amide bonds. The van der Waals surface area contributed by atoms with Crippen LogP contribution in [0.1, 0.15) is 38.7 Å². The second kappa shape index (κ2) is 5.24. The second-order valence-electron chi connectivity index (χ2n) is 4.59. The van der Waals surface area contributed by atoms with Gasteiger partial charge < -0.3 is 9.47 Å². The minimum atomic E-state index is 0.367. The van der Waals surface area contributed by atoms with Gasteiger partial charge in [-0.15, -0.1) is 0 Å². The van der Waals surface area contributed by atoms with Crippen LogP contribution in [0.4, 0.5) is 0 Å². The predicted molar refractivity (Wildman–Crippen MR) is 65.0 cm³/mol. The molecule has 0 N–H and O–H groups in total. The second-order valence-corrected chi connectivity index (χ2v) is 4.59. The average Bonchev–Trinajstić information content (AvgIpc) is 2.76. The number of ether oxygens (including phenoxy) is 2. The smallest absolute Gasteiger partial charge is 0.231 e. The summed E-state index contributed by atoms with van der Waals surface area (Å²) in [5.41, 5.74) is 1.35. The maximum absolute atomic E-state index is 5.37. The molecule has 0 fully saturated rings. The van der Waals surface area contributed by atoms with E-state index in [0.717, 1.165) is 23.8 Å². The Kier molecular flexibility index (Phi) is 3.70. The van der Waals surface area contributed by atoms with Crippen LogP contribution in [-0.2, 0) is 6.42 Å². The van der Waals surface area contributed by atoms with E-state index in [1.807, 2.05) is 6.07 Å². The molecule has 1 aliphatic rings. The quantitative estimate of drug-likeness (QED) is 0.751. The minimum Gasteiger partial charge on any atom is -0.454 e. The fraction of sp³-hybridized carbons (Fsp3) is 0.571. The summed E-state index contributed by atoms with van der Waals surface area (Å²) in [6.45, 7) is 4.94. The molecule has 2 nitrogen and oxygen atoms in total. The van der Waals surface area contributed by atoms with Gasteiger partial charge in [-0.25, -0.2) is 0 Å². The minimum absolute atomic E-state index is 0.367. The lowest BCUT2D eigenvalue weighted by Crippen LogP contribution is -1.94. The van der Waals surface area contributed by atoms with E-state index >= 15 is 0 Å². The van der Waals surface area contributed by atoms with E-state index in [-0.39, 0.29) is 0 Å². The van der Waals surface area contributed by atoms with Crippen molar-refractivity contribution in [1.82, 2.24) is 0 Å². The molecule has 0 saturated heterocycles. The van der Waals surface area contributed by atoms with Gasteiger partial charge >= 0.3 is 0 Å². The van der Waals surface area contributed by atoms with Crippen molar-refractivity contribution < 1.29 is 9.47 Å². The van der Waals surface area contributed by atoms with Crippen molar-refractivity contribution in [1.29, 1.82) is 0 Å². The molecule has 2 heteroatoms. The summed E-state index contributed by atoms with van der Waals surface area (Å²) in [7, 11) is 0. The van der Waals surface area contributed by atoms with Crippen LogP contribution in [0.3, 0.4) is 0 Å². The van der Waals surface area contributed by atoms with Crippen molar-refractivity contribution in [3.8, 4) is 11.5 Å². The van der Waals surface area contributed by atoms with Crippen molar-refractivity contribution in [2.75, 3.05) is 6.79 Å². The molecular weight excluding hydrogens is 200 g/mol. The Morgan fingerprint density at radius 1 is 1.25 bits per heavy atom. The highest BCUT2D eigenvalue weighted by Crippen LogP contribution is 2.32. The molecule has 1 aliphatic heterocycles. The standard InChI is InChI=1S/C14H20O2/c1-3-11(2)5-4-6-12-7-8-13-14(9-12)16-10-15-13/h7-9,11H,3-6,10H2,1-2H3. The molecule has 0 radical (unpaired) electrons. The lowest BCUT2D eigenvalue weighted by Gasteiger charge is -2.08. The van der Waals surface area contributed by atoms with Crippen LogP contribution < -0.4 is 9.47 Å². The lowest BCUT2D eigenvalue weighted by atomic mass is 9.99.